The summed E-state index contributed by atoms with van der Waals surface area (Å²) in [7, 11) is 0. The molecule has 2 heterocycles. The van der Waals surface area contributed by atoms with Crippen molar-refractivity contribution in [3.05, 3.63) is 52.2 Å². The van der Waals surface area contributed by atoms with Gasteiger partial charge in [0.15, 0.2) is 5.96 Å². The predicted octanol–water partition coefficient (Wildman–Crippen LogP) is 3.75. The molecule has 2 aromatic heterocycles. The molecule has 25 heavy (non-hydrogen) atoms. The van der Waals surface area contributed by atoms with Crippen LogP contribution in [0.3, 0.4) is 0 Å². The zero-order valence-corrected chi connectivity index (χ0v) is 15.5. The zero-order valence-electron chi connectivity index (χ0n) is 14.7. The van der Waals surface area contributed by atoms with Gasteiger partial charge >= 0.3 is 0 Å². The summed E-state index contributed by atoms with van der Waals surface area (Å²) in [6.07, 6.45) is 3.78. The van der Waals surface area contributed by atoms with Gasteiger partial charge in [-0.1, -0.05) is 25.1 Å². The van der Waals surface area contributed by atoms with Crippen molar-refractivity contribution in [2.45, 2.75) is 33.2 Å². The van der Waals surface area contributed by atoms with E-state index in [-0.39, 0.29) is 0 Å². The topological polar surface area (TPSA) is 62.5 Å². The summed E-state index contributed by atoms with van der Waals surface area (Å²) in [6.45, 7) is 6.40. The summed E-state index contributed by atoms with van der Waals surface area (Å²) < 4.78 is 5.85. The normalized spacial score (nSPS) is 11.8. The number of aryl methyl sites for hydroxylation is 1. The Morgan fingerprint density at radius 2 is 2.12 bits per heavy atom. The number of para-hydroxylation sites is 1. The van der Waals surface area contributed by atoms with Crippen molar-refractivity contribution in [1.82, 2.24) is 15.6 Å². The van der Waals surface area contributed by atoms with Gasteiger partial charge in [0, 0.05) is 36.0 Å². The minimum atomic E-state index is 0.602. The number of benzene rings is 1. The lowest BCUT2D eigenvalue weighted by molar-refractivity contribution is 0.544. The Morgan fingerprint density at radius 3 is 2.88 bits per heavy atom. The Kier molecular flexibility index (Phi) is 6.06. The fourth-order valence-electron chi connectivity index (χ4n) is 2.54. The molecule has 0 bridgehead atoms. The Bertz CT molecular complexity index is 804. The lowest BCUT2D eigenvalue weighted by atomic mass is 10.2. The molecule has 0 atom stereocenters. The van der Waals surface area contributed by atoms with Crippen LogP contribution in [0, 0.1) is 0 Å². The van der Waals surface area contributed by atoms with Gasteiger partial charge in [0.1, 0.15) is 16.4 Å². The van der Waals surface area contributed by atoms with Crippen molar-refractivity contribution < 1.29 is 4.42 Å². The average molecular weight is 356 g/mol. The van der Waals surface area contributed by atoms with Crippen molar-refractivity contribution in [3.8, 4) is 0 Å². The molecule has 0 spiro atoms. The molecule has 0 saturated carbocycles. The monoisotopic (exact) mass is 356 g/mol. The van der Waals surface area contributed by atoms with E-state index in [9.17, 15) is 0 Å². The van der Waals surface area contributed by atoms with E-state index in [2.05, 4.69) is 46.6 Å². The number of nitrogens with one attached hydrogen (secondary N) is 2. The van der Waals surface area contributed by atoms with Crippen molar-refractivity contribution in [2.75, 3.05) is 13.1 Å². The van der Waals surface area contributed by atoms with E-state index in [0.29, 0.717) is 6.54 Å². The van der Waals surface area contributed by atoms with E-state index >= 15 is 0 Å². The Labute approximate surface area is 152 Å². The molecule has 6 heteroatoms. The molecule has 0 fully saturated rings. The van der Waals surface area contributed by atoms with E-state index in [1.165, 1.54) is 4.88 Å². The van der Waals surface area contributed by atoms with Crippen LogP contribution < -0.4 is 10.6 Å². The van der Waals surface area contributed by atoms with Gasteiger partial charge in [0.25, 0.3) is 0 Å². The summed E-state index contributed by atoms with van der Waals surface area (Å²) in [5.74, 6) is 1.80. The van der Waals surface area contributed by atoms with Crippen molar-refractivity contribution in [1.29, 1.82) is 0 Å². The molecule has 2 N–H and O–H groups in total. The summed E-state index contributed by atoms with van der Waals surface area (Å²) in [6, 6.07) is 10.2. The Hall–Kier alpha value is -2.34. The first kappa shape index (κ1) is 17.5. The quantitative estimate of drug-likeness (QED) is 0.500. The number of rotatable bonds is 7. The standard InChI is InChI=1S/C19H24N4OS/c1-3-16-12-22-18(25-16)13-23-19(20-4-2)21-10-9-15-11-14-7-5-6-8-17(14)24-15/h5-8,11-12H,3-4,9-10,13H2,1-2H3,(H2,20,21,23). The van der Waals surface area contributed by atoms with Gasteiger partial charge in [-0.3, -0.25) is 0 Å². The summed E-state index contributed by atoms with van der Waals surface area (Å²) in [5.41, 5.74) is 0.938. The first-order chi connectivity index (χ1) is 12.3. The number of fused-ring (bicyclic) bond motifs is 1. The van der Waals surface area contributed by atoms with Crippen LogP contribution in [0.4, 0.5) is 0 Å². The van der Waals surface area contributed by atoms with Gasteiger partial charge in [-0.05, 0) is 25.5 Å². The molecule has 0 aliphatic rings. The SMILES string of the molecule is CCNC(=NCc1ncc(CC)s1)NCCc1cc2ccccc2o1. The van der Waals surface area contributed by atoms with Crippen LogP contribution in [0.25, 0.3) is 11.0 Å². The largest absolute Gasteiger partial charge is 0.461 e. The second kappa shape index (κ2) is 8.67. The van der Waals surface area contributed by atoms with Crippen molar-refractivity contribution in [3.63, 3.8) is 0 Å². The van der Waals surface area contributed by atoms with E-state index in [1.54, 1.807) is 11.3 Å². The van der Waals surface area contributed by atoms with Crippen LogP contribution in [0.1, 0.15) is 29.5 Å². The molecule has 3 aromatic rings. The second-order valence-corrected chi connectivity index (χ2v) is 6.90. The lowest BCUT2D eigenvalue weighted by Crippen LogP contribution is -2.38. The van der Waals surface area contributed by atoms with E-state index in [1.807, 2.05) is 24.4 Å². The summed E-state index contributed by atoms with van der Waals surface area (Å²) in [5, 5.41) is 8.83. The van der Waals surface area contributed by atoms with Gasteiger partial charge in [-0.2, -0.15) is 0 Å². The number of hydrogen-bond donors (Lipinski definition) is 2. The van der Waals surface area contributed by atoms with Crippen LogP contribution in [0.15, 0.2) is 45.9 Å². The van der Waals surface area contributed by atoms with Crippen LogP contribution in [-0.2, 0) is 19.4 Å². The average Bonchev–Trinajstić information content (AvgIpc) is 3.25. The molecule has 5 nitrogen and oxygen atoms in total. The third kappa shape index (κ3) is 4.82. The Balaban J connectivity index is 1.54. The molecular weight excluding hydrogens is 332 g/mol. The van der Waals surface area contributed by atoms with Gasteiger partial charge in [0.05, 0.1) is 6.54 Å². The summed E-state index contributed by atoms with van der Waals surface area (Å²) >= 11 is 1.73. The highest BCUT2D eigenvalue weighted by Crippen LogP contribution is 2.18. The number of aliphatic imine (C=N–C) groups is 1. The number of guanidine groups is 1. The third-order valence-electron chi connectivity index (χ3n) is 3.81. The van der Waals surface area contributed by atoms with Crippen molar-refractivity contribution in [2.24, 2.45) is 4.99 Å². The van der Waals surface area contributed by atoms with Crippen LogP contribution in [-0.4, -0.2) is 24.0 Å². The Morgan fingerprint density at radius 1 is 1.24 bits per heavy atom. The molecule has 0 unspecified atom stereocenters. The number of thiazole rings is 1. The van der Waals surface area contributed by atoms with Crippen LogP contribution in [0.5, 0.6) is 0 Å². The van der Waals surface area contributed by atoms with E-state index < -0.39 is 0 Å². The predicted molar refractivity (Wildman–Crippen MR) is 104 cm³/mol. The van der Waals surface area contributed by atoms with Crippen molar-refractivity contribution >= 4 is 28.3 Å². The first-order valence-corrected chi connectivity index (χ1v) is 9.53. The van der Waals surface area contributed by atoms with Gasteiger partial charge in [0.2, 0.25) is 0 Å². The highest BCUT2D eigenvalue weighted by atomic mass is 32.1. The molecule has 0 radical (unpaired) electrons. The molecule has 0 saturated heterocycles. The third-order valence-corrected chi connectivity index (χ3v) is 4.93. The smallest absolute Gasteiger partial charge is 0.191 e. The molecule has 1 aromatic carbocycles. The highest BCUT2D eigenvalue weighted by molar-refractivity contribution is 7.11. The van der Waals surface area contributed by atoms with Gasteiger partial charge in [-0.25, -0.2) is 9.98 Å². The minimum absolute atomic E-state index is 0.602. The fourth-order valence-corrected chi connectivity index (χ4v) is 3.32. The number of furan rings is 1. The fraction of sp³-hybridized carbons (Fsp3) is 0.368. The maximum atomic E-state index is 5.85. The minimum Gasteiger partial charge on any atom is -0.461 e. The zero-order chi connectivity index (χ0) is 17.5. The number of aromatic nitrogens is 1. The molecule has 0 amide bonds. The molecule has 0 aliphatic carbocycles. The summed E-state index contributed by atoms with van der Waals surface area (Å²) in [4.78, 5) is 10.3. The number of nitrogens with zero attached hydrogens (tertiary/aromatic N) is 2. The van der Waals surface area contributed by atoms with Gasteiger partial charge < -0.3 is 15.1 Å². The maximum Gasteiger partial charge on any atom is 0.191 e. The lowest BCUT2D eigenvalue weighted by Gasteiger charge is -2.10. The molecule has 0 aliphatic heterocycles. The second-order valence-electron chi connectivity index (χ2n) is 5.70. The molecule has 132 valence electrons. The maximum absolute atomic E-state index is 5.85. The van der Waals surface area contributed by atoms with Gasteiger partial charge in [-0.15, -0.1) is 11.3 Å². The first-order valence-electron chi connectivity index (χ1n) is 8.71. The van der Waals surface area contributed by atoms with E-state index in [4.69, 9.17) is 4.42 Å². The number of hydrogen-bond acceptors (Lipinski definition) is 4. The molecule has 3 rings (SSSR count). The van der Waals surface area contributed by atoms with Crippen LogP contribution in [0.2, 0.25) is 0 Å². The van der Waals surface area contributed by atoms with E-state index in [0.717, 1.165) is 53.6 Å². The van der Waals surface area contributed by atoms with Crippen LogP contribution >= 0.6 is 11.3 Å². The highest BCUT2D eigenvalue weighted by Gasteiger charge is 2.04. The molecular formula is C19H24N4OS.